The Balaban J connectivity index is 0.00000243. The molecule has 138 valence electrons. The summed E-state index contributed by atoms with van der Waals surface area (Å²) < 4.78 is 0. The van der Waals surface area contributed by atoms with Crippen molar-refractivity contribution in [3.8, 4) is 0 Å². The van der Waals surface area contributed by atoms with Gasteiger partial charge in [0.2, 0.25) is 0 Å². The van der Waals surface area contributed by atoms with Crippen LogP contribution in [-0.2, 0) is 12.8 Å². The van der Waals surface area contributed by atoms with Crippen LogP contribution in [-0.4, -0.2) is 25.0 Å². The molecular formula is C19H22ClIN4O. The van der Waals surface area contributed by atoms with E-state index in [1.54, 1.807) is 24.3 Å². The van der Waals surface area contributed by atoms with Crippen molar-refractivity contribution in [2.45, 2.75) is 19.3 Å². The minimum absolute atomic E-state index is 0. The summed E-state index contributed by atoms with van der Waals surface area (Å²) in [6, 6.07) is 13.2. The molecule has 1 aliphatic carbocycles. The third-order valence-electron chi connectivity index (χ3n) is 4.17. The van der Waals surface area contributed by atoms with Gasteiger partial charge in [-0.3, -0.25) is 9.79 Å². The molecule has 3 rings (SSSR count). The molecule has 1 aliphatic rings. The van der Waals surface area contributed by atoms with E-state index < -0.39 is 0 Å². The second-order valence-electron chi connectivity index (χ2n) is 5.96. The third-order valence-corrected chi connectivity index (χ3v) is 4.50. The number of aliphatic imine (C=N–C) groups is 1. The summed E-state index contributed by atoms with van der Waals surface area (Å²) in [6.07, 6.45) is 3.49. The highest BCUT2D eigenvalue weighted by atomic mass is 127. The molecule has 4 N–H and O–H groups in total. The summed E-state index contributed by atoms with van der Waals surface area (Å²) in [4.78, 5) is 16.3. The van der Waals surface area contributed by atoms with Crippen molar-refractivity contribution in [2.75, 3.05) is 18.4 Å². The van der Waals surface area contributed by atoms with Crippen LogP contribution in [0.2, 0.25) is 5.02 Å². The Morgan fingerprint density at radius 1 is 1.15 bits per heavy atom. The maximum absolute atomic E-state index is 12.0. The van der Waals surface area contributed by atoms with Gasteiger partial charge in [0, 0.05) is 12.2 Å². The molecule has 7 heteroatoms. The molecule has 26 heavy (non-hydrogen) atoms. The van der Waals surface area contributed by atoms with Gasteiger partial charge >= 0.3 is 0 Å². The molecule has 0 radical (unpaired) electrons. The molecule has 0 bridgehead atoms. The fraction of sp³-hybridized carbons (Fsp3) is 0.263. The molecule has 0 heterocycles. The number of anilines is 1. The summed E-state index contributed by atoms with van der Waals surface area (Å²) in [5.74, 6) is 0.121. The van der Waals surface area contributed by atoms with Gasteiger partial charge in [0.25, 0.3) is 5.91 Å². The van der Waals surface area contributed by atoms with Crippen molar-refractivity contribution >= 4 is 53.1 Å². The zero-order valence-corrected chi connectivity index (χ0v) is 17.4. The van der Waals surface area contributed by atoms with Crippen LogP contribution in [0.4, 0.5) is 5.69 Å². The van der Waals surface area contributed by atoms with Gasteiger partial charge in [0.05, 0.1) is 17.1 Å². The van der Waals surface area contributed by atoms with Gasteiger partial charge in [-0.2, -0.15) is 0 Å². The van der Waals surface area contributed by atoms with E-state index in [2.05, 4.69) is 27.8 Å². The van der Waals surface area contributed by atoms with E-state index in [1.165, 1.54) is 17.5 Å². The molecule has 0 atom stereocenters. The predicted octanol–water partition coefficient (Wildman–Crippen LogP) is 3.60. The first-order valence-corrected chi connectivity index (χ1v) is 8.73. The number of aryl methyl sites for hydroxylation is 2. The Morgan fingerprint density at radius 3 is 2.73 bits per heavy atom. The number of benzene rings is 2. The molecule has 0 unspecified atom stereocenters. The van der Waals surface area contributed by atoms with Gasteiger partial charge in [-0.25, -0.2) is 0 Å². The van der Waals surface area contributed by atoms with Crippen molar-refractivity contribution < 1.29 is 4.79 Å². The molecule has 0 aromatic heterocycles. The minimum atomic E-state index is -0.217. The lowest BCUT2D eigenvalue weighted by molar-refractivity contribution is 0.0955. The zero-order chi connectivity index (χ0) is 17.6. The molecule has 5 nitrogen and oxygen atoms in total. The smallest absolute Gasteiger partial charge is 0.252 e. The predicted molar refractivity (Wildman–Crippen MR) is 118 cm³/mol. The van der Waals surface area contributed by atoms with Crippen LogP contribution in [0.3, 0.4) is 0 Å². The fourth-order valence-corrected chi connectivity index (χ4v) is 3.14. The van der Waals surface area contributed by atoms with E-state index in [-0.39, 0.29) is 29.9 Å². The normalized spacial score (nSPS) is 12.9. The highest BCUT2D eigenvalue weighted by Crippen LogP contribution is 2.24. The number of amides is 1. The van der Waals surface area contributed by atoms with Crippen LogP contribution < -0.4 is 16.4 Å². The lowest BCUT2D eigenvalue weighted by atomic mass is 10.1. The maximum atomic E-state index is 12.0. The number of nitrogens with one attached hydrogen (secondary N) is 2. The number of guanidine groups is 1. The van der Waals surface area contributed by atoms with E-state index in [0.717, 1.165) is 18.5 Å². The molecular weight excluding hydrogens is 463 g/mol. The number of rotatable bonds is 5. The largest absolute Gasteiger partial charge is 0.370 e. The van der Waals surface area contributed by atoms with Crippen molar-refractivity contribution in [3.05, 3.63) is 64.2 Å². The number of hydrogen-bond acceptors (Lipinski definition) is 2. The van der Waals surface area contributed by atoms with E-state index in [4.69, 9.17) is 17.3 Å². The SMILES string of the molecule is I.NC(=NCCNC(=O)c1ccccc1Cl)Nc1ccc2c(c1)CCC2. The molecule has 0 aliphatic heterocycles. The van der Waals surface area contributed by atoms with E-state index in [1.807, 2.05) is 6.07 Å². The first-order valence-electron chi connectivity index (χ1n) is 8.35. The Hall–Kier alpha value is -1.80. The fourth-order valence-electron chi connectivity index (χ4n) is 2.92. The standard InChI is InChI=1S/C19H21ClN4O.HI/c20-17-7-2-1-6-16(17)18(25)22-10-11-23-19(21)24-15-9-8-13-4-3-5-14(13)12-15;/h1-2,6-9,12H,3-5,10-11H2,(H,22,25)(H3,21,23,24);1H. The number of carbonyl (C=O) groups is 1. The molecule has 2 aromatic rings. The molecule has 0 saturated carbocycles. The van der Waals surface area contributed by atoms with Crippen LogP contribution in [0.1, 0.15) is 27.9 Å². The molecule has 0 saturated heterocycles. The second-order valence-corrected chi connectivity index (χ2v) is 6.37. The van der Waals surface area contributed by atoms with Gasteiger partial charge in [-0.15, -0.1) is 24.0 Å². The quantitative estimate of drug-likeness (QED) is 0.263. The van der Waals surface area contributed by atoms with E-state index in [9.17, 15) is 4.79 Å². The second kappa shape index (κ2) is 9.78. The van der Waals surface area contributed by atoms with Crippen LogP contribution in [0.15, 0.2) is 47.5 Å². The van der Waals surface area contributed by atoms with Crippen molar-refractivity contribution in [1.82, 2.24) is 5.32 Å². The summed E-state index contributed by atoms with van der Waals surface area (Å²) in [7, 11) is 0. The van der Waals surface area contributed by atoms with Gasteiger partial charge in [-0.05, 0) is 54.7 Å². The number of carbonyl (C=O) groups excluding carboxylic acids is 1. The molecule has 0 fully saturated rings. The first-order chi connectivity index (χ1) is 12.1. The van der Waals surface area contributed by atoms with Crippen molar-refractivity contribution in [2.24, 2.45) is 10.7 Å². The van der Waals surface area contributed by atoms with E-state index >= 15 is 0 Å². The zero-order valence-electron chi connectivity index (χ0n) is 14.3. The Kier molecular flexibility index (Phi) is 7.71. The van der Waals surface area contributed by atoms with Crippen LogP contribution in [0.25, 0.3) is 0 Å². The Bertz CT molecular complexity index is 810. The average molecular weight is 485 g/mol. The highest BCUT2D eigenvalue weighted by Gasteiger charge is 2.11. The first kappa shape index (κ1) is 20.5. The summed E-state index contributed by atoms with van der Waals surface area (Å²) in [5.41, 5.74) is 10.1. The third kappa shape index (κ3) is 5.35. The lowest BCUT2D eigenvalue weighted by Gasteiger charge is -2.08. The number of nitrogens with zero attached hydrogens (tertiary/aromatic N) is 1. The van der Waals surface area contributed by atoms with Crippen molar-refractivity contribution in [3.63, 3.8) is 0 Å². The Labute approximate surface area is 175 Å². The summed E-state index contributed by atoms with van der Waals surface area (Å²) in [6.45, 7) is 0.774. The van der Waals surface area contributed by atoms with Crippen molar-refractivity contribution in [1.29, 1.82) is 0 Å². The Morgan fingerprint density at radius 2 is 1.92 bits per heavy atom. The van der Waals surface area contributed by atoms with Gasteiger partial charge < -0.3 is 16.4 Å². The summed E-state index contributed by atoms with van der Waals surface area (Å²) >= 11 is 5.99. The lowest BCUT2D eigenvalue weighted by Crippen LogP contribution is -2.28. The topological polar surface area (TPSA) is 79.5 Å². The monoisotopic (exact) mass is 484 g/mol. The number of halogens is 2. The van der Waals surface area contributed by atoms with E-state index in [0.29, 0.717) is 29.6 Å². The van der Waals surface area contributed by atoms with Crippen LogP contribution >= 0.6 is 35.6 Å². The molecule has 0 spiro atoms. The molecule has 1 amide bonds. The summed E-state index contributed by atoms with van der Waals surface area (Å²) in [5, 5.41) is 6.31. The van der Waals surface area contributed by atoms with Crippen LogP contribution in [0, 0.1) is 0 Å². The van der Waals surface area contributed by atoms with Gasteiger partial charge in [0.1, 0.15) is 0 Å². The van der Waals surface area contributed by atoms with Gasteiger partial charge in [0.15, 0.2) is 5.96 Å². The number of nitrogens with two attached hydrogens (primary N) is 1. The van der Waals surface area contributed by atoms with Gasteiger partial charge in [-0.1, -0.05) is 29.8 Å². The maximum Gasteiger partial charge on any atom is 0.252 e. The van der Waals surface area contributed by atoms with Crippen LogP contribution in [0.5, 0.6) is 0 Å². The number of hydrogen-bond donors (Lipinski definition) is 3. The number of fused-ring (bicyclic) bond motifs is 1. The molecule has 2 aromatic carbocycles. The highest BCUT2D eigenvalue weighted by molar-refractivity contribution is 14.0. The minimum Gasteiger partial charge on any atom is -0.370 e. The average Bonchev–Trinajstić information content (AvgIpc) is 3.06.